The zero-order valence-corrected chi connectivity index (χ0v) is 40.1. The standard InChI is InChI=1S/C68H51N3O/c1-72-59-39-36-55(37-40-59)69(52-25-11-4-12-26-52)57-43-49(48-35-42-67-63(45-48)62-32-18-20-34-66(62)71(67)54-29-15-6-16-30-54)44-58(46-57)70(53-27-13-5-14-28-53)56-38-41-61-60-31-17-19-33-64(60)68(65(61)47-56,50-21-7-2-8-22-50)51-23-9-3-10-24-51/h2-9,11-23,25-47H,10,24H2,1H3. The van der Waals surface area contributed by atoms with E-state index < -0.39 is 5.41 Å². The first kappa shape index (κ1) is 42.9. The average molecular weight is 926 g/mol. The summed E-state index contributed by atoms with van der Waals surface area (Å²) in [5, 5.41) is 2.42. The molecule has 0 N–H and O–H groups in total. The van der Waals surface area contributed by atoms with Gasteiger partial charge in [-0.25, -0.2) is 0 Å². The molecular formula is C68H51N3O. The lowest BCUT2D eigenvalue weighted by Gasteiger charge is -2.37. The SMILES string of the molecule is COc1ccc(N(c2ccccc2)c2cc(-c3ccc4c(c3)c3ccccc3n4-c3ccccc3)cc(N(c3ccccc3)c3ccc4c(c3)C(C3=CC=CCC3)(c3ccccc3)c3ccccc3-4)c2)cc1. The largest absolute Gasteiger partial charge is 0.497 e. The van der Waals surface area contributed by atoms with Crippen LogP contribution in [0.5, 0.6) is 5.75 Å². The summed E-state index contributed by atoms with van der Waals surface area (Å²) in [6.07, 6.45) is 8.92. The highest BCUT2D eigenvalue weighted by molar-refractivity contribution is 6.10. The van der Waals surface area contributed by atoms with Gasteiger partial charge in [0.1, 0.15) is 5.75 Å². The molecule has 0 fully saturated rings. The summed E-state index contributed by atoms with van der Waals surface area (Å²) in [6.45, 7) is 0. The minimum absolute atomic E-state index is 0.476. The molecule has 0 spiro atoms. The topological polar surface area (TPSA) is 20.6 Å². The zero-order chi connectivity index (χ0) is 48.0. The molecule has 0 aliphatic heterocycles. The Balaban J connectivity index is 1.07. The van der Waals surface area contributed by atoms with E-state index in [1.54, 1.807) is 7.11 Å². The van der Waals surface area contributed by atoms with Crippen molar-refractivity contribution in [1.29, 1.82) is 0 Å². The highest BCUT2D eigenvalue weighted by atomic mass is 16.5. The first-order chi connectivity index (χ1) is 35.7. The van der Waals surface area contributed by atoms with E-state index in [2.05, 4.69) is 269 Å². The molecule has 0 bridgehead atoms. The molecule has 0 radical (unpaired) electrons. The van der Waals surface area contributed by atoms with Crippen molar-refractivity contribution in [2.24, 2.45) is 0 Å². The molecule has 0 amide bonds. The molecular weight excluding hydrogens is 875 g/mol. The molecule has 4 nitrogen and oxygen atoms in total. The van der Waals surface area contributed by atoms with Crippen LogP contribution in [0.2, 0.25) is 0 Å². The number of ether oxygens (including phenoxy) is 1. The summed E-state index contributed by atoms with van der Waals surface area (Å²) in [5.74, 6) is 0.810. The maximum absolute atomic E-state index is 5.68. The van der Waals surface area contributed by atoms with Crippen molar-refractivity contribution in [3.8, 4) is 33.7 Å². The van der Waals surface area contributed by atoms with Gasteiger partial charge in [0, 0.05) is 50.6 Å². The molecule has 344 valence electrons. The van der Waals surface area contributed by atoms with Crippen molar-refractivity contribution in [2.75, 3.05) is 16.9 Å². The summed E-state index contributed by atoms with van der Waals surface area (Å²) in [4.78, 5) is 4.82. The zero-order valence-electron chi connectivity index (χ0n) is 40.1. The molecule has 11 aromatic rings. The van der Waals surface area contributed by atoms with Gasteiger partial charge in [0.15, 0.2) is 0 Å². The van der Waals surface area contributed by atoms with E-state index >= 15 is 0 Å². The molecule has 2 aliphatic rings. The highest BCUT2D eigenvalue weighted by Crippen LogP contribution is 2.59. The minimum atomic E-state index is -0.476. The van der Waals surface area contributed by atoms with Crippen molar-refractivity contribution < 1.29 is 4.74 Å². The quantitative estimate of drug-likeness (QED) is 0.129. The first-order valence-electron chi connectivity index (χ1n) is 24.9. The average Bonchev–Trinajstić information content (AvgIpc) is 3.95. The van der Waals surface area contributed by atoms with E-state index in [0.717, 1.165) is 69.5 Å². The van der Waals surface area contributed by atoms with Crippen LogP contribution >= 0.6 is 0 Å². The highest BCUT2D eigenvalue weighted by Gasteiger charge is 2.47. The Hall–Kier alpha value is -9.12. The van der Waals surface area contributed by atoms with Gasteiger partial charge in [0.25, 0.3) is 0 Å². The number of hydrogen-bond acceptors (Lipinski definition) is 3. The normalized spacial score (nSPS) is 14.7. The smallest absolute Gasteiger partial charge is 0.119 e. The van der Waals surface area contributed by atoms with Crippen LogP contribution in [0.25, 0.3) is 49.7 Å². The van der Waals surface area contributed by atoms with Gasteiger partial charge in [-0.2, -0.15) is 0 Å². The Bertz CT molecular complexity index is 3840. The predicted molar refractivity (Wildman–Crippen MR) is 300 cm³/mol. The molecule has 10 aromatic carbocycles. The van der Waals surface area contributed by atoms with Gasteiger partial charge in [-0.1, -0.05) is 163 Å². The Kier molecular flexibility index (Phi) is 10.7. The lowest BCUT2D eigenvalue weighted by atomic mass is 9.65. The third-order valence-electron chi connectivity index (χ3n) is 14.8. The Morgan fingerprint density at radius 3 is 1.71 bits per heavy atom. The summed E-state index contributed by atoms with van der Waals surface area (Å²) >= 11 is 0. The summed E-state index contributed by atoms with van der Waals surface area (Å²) < 4.78 is 8.07. The number of rotatable bonds is 11. The van der Waals surface area contributed by atoms with Crippen LogP contribution in [0.15, 0.2) is 273 Å². The van der Waals surface area contributed by atoms with Crippen molar-refractivity contribution in [1.82, 2.24) is 4.57 Å². The van der Waals surface area contributed by atoms with Crippen LogP contribution in [0.1, 0.15) is 29.5 Å². The summed E-state index contributed by atoms with van der Waals surface area (Å²) in [7, 11) is 1.72. The van der Waals surface area contributed by atoms with Crippen molar-refractivity contribution >= 4 is 55.9 Å². The lowest BCUT2D eigenvalue weighted by molar-refractivity contribution is 0.415. The van der Waals surface area contributed by atoms with Gasteiger partial charge in [0.2, 0.25) is 0 Å². The third kappa shape index (κ3) is 7.14. The monoisotopic (exact) mass is 925 g/mol. The van der Waals surface area contributed by atoms with E-state index in [4.69, 9.17) is 4.74 Å². The number of allylic oxidation sites excluding steroid dienone is 4. The number of aromatic nitrogens is 1. The fourth-order valence-corrected chi connectivity index (χ4v) is 11.7. The van der Waals surface area contributed by atoms with Crippen LogP contribution in [0.4, 0.5) is 34.1 Å². The second kappa shape index (κ2) is 18.0. The summed E-state index contributed by atoms with van der Waals surface area (Å²) in [5.41, 5.74) is 19.4. The maximum atomic E-state index is 5.68. The molecule has 72 heavy (non-hydrogen) atoms. The van der Waals surface area contributed by atoms with Gasteiger partial charge < -0.3 is 19.1 Å². The Morgan fingerprint density at radius 2 is 1.01 bits per heavy atom. The van der Waals surface area contributed by atoms with Gasteiger partial charge >= 0.3 is 0 Å². The molecule has 1 aromatic heterocycles. The number of nitrogens with zero attached hydrogens (tertiary/aromatic N) is 3. The van der Waals surface area contributed by atoms with Crippen LogP contribution in [0, 0.1) is 0 Å². The van der Waals surface area contributed by atoms with Gasteiger partial charge in [-0.15, -0.1) is 0 Å². The first-order valence-corrected chi connectivity index (χ1v) is 24.9. The van der Waals surface area contributed by atoms with Crippen LogP contribution < -0.4 is 14.5 Å². The number of methoxy groups -OCH3 is 1. The number of hydrogen-bond donors (Lipinski definition) is 0. The van der Waals surface area contributed by atoms with Gasteiger partial charge in [-0.3, -0.25) is 0 Å². The van der Waals surface area contributed by atoms with Crippen molar-refractivity contribution in [2.45, 2.75) is 18.3 Å². The molecule has 4 heteroatoms. The van der Waals surface area contributed by atoms with E-state index in [-0.39, 0.29) is 0 Å². The number of anilines is 6. The molecule has 2 aliphatic carbocycles. The third-order valence-corrected chi connectivity index (χ3v) is 14.8. The predicted octanol–water partition coefficient (Wildman–Crippen LogP) is 18.0. The van der Waals surface area contributed by atoms with Crippen molar-refractivity contribution in [3.63, 3.8) is 0 Å². The molecule has 1 atom stereocenters. The Labute approximate surface area is 421 Å². The van der Waals surface area contributed by atoms with E-state index in [1.165, 1.54) is 55.2 Å². The number of benzene rings is 10. The second-order valence-electron chi connectivity index (χ2n) is 18.7. The molecule has 0 saturated heterocycles. The van der Waals surface area contributed by atoms with Crippen LogP contribution in [0.3, 0.4) is 0 Å². The number of fused-ring (bicyclic) bond motifs is 6. The summed E-state index contributed by atoms with van der Waals surface area (Å²) in [6, 6.07) is 90.9. The van der Waals surface area contributed by atoms with E-state index in [1.807, 2.05) is 12.1 Å². The van der Waals surface area contributed by atoms with E-state index in [0.29, 0.717) is 0 Å². The second-order valence-corrected chi connectivity index (χ2v) is 18.7. The van der Waals surface area contributed by atoms with E-state index in [9.17, 15) is 0 Å². The number of para-hydroxylation sites is 4. The van der Waals surface area contributed by atoms with Gasteiger partial charge in [0.05, 0.1) is 23.6 Å². The molecule has 1 heterocycles. The molecule has 0 saturated carbocycles. The molecule has 13 rings (SSSR count). The molecule has 1 unspecified atom stereocenters. The van der Waals surface area contributed by atoms with Gasteiger partial charge in [-0.05, 0) is 161 Å². The Morgan fingerprint density at radius 1 is 0.431 bits per heavy atom. The maximum Gasteiger partial charge on any atom is 0.119 e. The lowest BCUT2D eigenvalue weighted by Crippen LogP contribution is -2.30. The fourth-order valence-electron chi connectivity index (χ4n) is 11.7. The fraction of sp³-hybridized carbons (Fsp3) is 0.0588. The van der Waals surface area contributed by atoms with Crippen LogP contribution in [-0.2, 0) is 5.41 Å². The minimum Gasteiger partial charge on any atom is -0.497 e. The van der Waals surface area contributed by atoms with Crippen LogP contribution in [-0.4, -0.2) is 11.7 Å². The van der Waals surface area contributed by atoms with Crippen molar-refractivity contribution in [3.05, 3.63) is 289 Å².